The van der Waals surface area contributed by atoms with Gasteiger partial charge in [-0.1, -0.05) is 12.1 Å². The fourth-order valence-corrected chi connectivity index (χ4v) is 3.52. The Bertz CT molecular complexity index is 949. The first-order chi connectivity index (χ1) is 13.1. The fraction of sp³-hybridized carbons (Fsp3) is 0.333. The molecular weight excluding hydrogens is 347 g/mol. The Kier molecular flexibility index (Phi) is 4.90. The summed E-state index contributed by atoms with van der Waals surface area (Å²) in [6.45, 7) is 3.40. The lowest BCUT2D eigenvalue weighted by molar-refractivity contribution is 0.0484. The molecule has 3 aromatic rings. The van der Waals surface area contributed by atoms with Crippen molar-refractivity contribution in [1.82, 2.24) is 9.88 Å². The molecule has 2 aromatic heterocycles. The van der Waals surface area contributed by atoms with Gasteiger partial charge in [-0.3, -0.25) is 9.78 Å². The Balaban J connectivity index is 1.67. The highest BCUT2D eigenvalue weighted by Gasteiger charge is 2.28. The minimum absolute atomic E-state index is 0.0113. The molecule has 1 amide bonds. The Morgan fingerprint density at radius 3 is 2.81 bits per heavy atom. The highest BCUT2D eigenvalue weighted by molar-refractivity contribution is 5.99. The van der Waals surface area contributed by atoms with Crippen molar-refractivity contribution in [1.29, 1.82) is 0 Å². The zero-order chi connectivity index (χ0) is 18.8. The first-order valence-corrected chi connectivity index (χ1v) is 9.11. The molecular formula is C21H21FN2O3. The smallest absolute Gasteiger partial charge is 0.290 e. The van der Waals surface area contributed by atoms with E-state index in [1.54, 1.807) is 36.4 Å². The van der Waals surface area contributed by atoms with Gasteiger partial charge in [-0.15, -0.1) is 0 Å². The molecule has 27 heavy (non-hydrogen) atoms. The number of amides is 1. The summed E-state index contributed by atoms with van der Waals surface area (Å²) in [4.78, 5) is 19.0. The van der Waals surface area contributed by atoms with Gasteiger partial charge in [-0.05, 0) is 43.5 Å². The molecule has 0 N–H and O–H groups in total. The summed E-state index contributed by atoms with van der Waals surface area (Å²) in [6.07, 6.45) is 5.33. The van der Waals surface area contributed by atoms with Gasteiger partial charge < -0.3 is 14.1 Å². The number of rotatable bonds is 5. The van der Waals surface area contributed by atoms with E-state index < -0.39 is 5.82 Å². The maximum Gasteiger partial charge on any atom is 0.290 e. The van der Waals surface area contributed by atoms with Gasteiger partial charge in [0.2, 0.25) is 0 Å². The second-order valence-corrected chi connectivity index (χ2v) is 6.85. The van der Waals surface area contributed by atoms with E-state index in [0.29, 0.717) is 24.0 Å². The lowest BCUT2D eigenvalue weighted by atomic mass is 10.1. The Labute approximate surface area is 156 Å². The Morgan fingerprint density at radius 1 is 1.30 bits per heavy atom. The zero-order valence-electron chi connectivity index (χ0n) is 15.2. The molecule has 0 spiro atoms. The first-order valence-electron chi connectivity index (χ1n) is 9.11. The van der Waals surface area contributed by atoms with Crippen LogP contribution in [0.25, 0.3) is 11.0 Å². The van der Waals surface area contributed by atoms with E-state index in [1.807, 2.05) is 12.1 Å². The third kappa shape index (κ3) is 3.57. The summed E-state index contributed by atoms with van der Waals surface area (Å²) in [5.41, 5.74) is 1.75. The van der Waals surface area contributed by atoms with E-state index in [-0.39, 0.29) is 23.4 Å². The number of para-hydroxylation sites is 1. The van der Waals surface area contributed by atoms with Gasteiger partial charge in [-0.25, -0.2) is 4.39 Å². The van der Waals surface area contributed by atoms with E-state index in [9.17, 15) is 9.18 Å². The summed E-state index contributed by atoms with van der Waals surface area (Å²) >= 11 is 0. The molecule has 140 valence electrons. The number of fused-ring (bicyclic) bond motifs is 1. The highest BCUT2D eigenvalue weighted by Crippen LogP contribution is 2.29. The molecule has 0 radical (unpaired) electrons. The van der Waals surface area contributed by atoms with Crippen LogP contribution in [0.15, 0.2) is 47.1 Å². The lowest BCUT2D eigenvalue weighted by Gasteiger charge is -2.25. The van der Waals surface area contributed by atoms with Gasteiger partial charge in [-0.2, -0.15) is 0 Å². The molecule has 0 bridgehead atoms. The number of pyridine rings is 1. The maximum atomic E-state index is 14.1. The SMILES string of the molecule is Cc1c(C(=O)N(Cc2ccncc2)C[C@@H]2CCCO2)oc2c(F)cccc12. The molecule has 1 aliphatic rings. The van der Waals surface area contributed by atoms with Crippen LogP contribution in [0.5, 0.6) is 0 Å². The molecule has 6 heteroatoms. The van der Waals surface area contributed by atoms with Crippen LogP contribution in [0, 0.1) is 12.7 Å². The highest BCUT2D eigenvalue weighted by atomic mass is 19.1. The van der Waals surface area contributed by atoms with E-state index in [2.05, 4.69) is 4.98 Å². The van der Waals surface area contributed by atoms with Crippen LogP contribution in [0.1, 0.15) is 34.5 Å². The van der Waals surface area contributed by atoms with Crippen LogP contribution in [-0.2, 0) is 11.3 Å². The summed E-state index contributed by atoms with van der Waals surface area (Å²) in [5.74, 6) is -0.535. The van der Waals surface area contributed by atoms with Gasteiger partial charge in [0.05, 0.1) is 6.10 Å². The van der Waals surface area contributed by atoms with E-state index in [0.717, 1.165) is 25.0 Å². The number of benzene rings is 1. The number of ether oxygens (including phenoxy) is 1. The van der Waals surface area contributed by atoms with Crippen LogP contribution in [0.4, 0.5) is 4.39 Å². The number of nitrogens with zero attached hydrogens (tertiary/aromatic N) is 2. The van der Waals surface area contributed by atoms with Crippen molar-refractivity contribution >= 4 is 16.9 Å². The minimum atomic E-state index is -0.463. The van der Waals surface area contributed by atoms with Crippen molar-refractivity contribution in [3.05, 3.63) is 65.4 Å². The van der Waals surface area contributed by atoms with Gasteiger partial charge in [0.15, 0.2) is 17.2 Å². The normalized spacial score (nSPS) is 16.7. The molecule has 3 heterocycles. The predicted molar refractivity (Wildman–Crippen MR) is 98.9 cm³/mol. The van der Waals surface area contributed by atoms with Crippen molar-refractivity contribution in [2.24, 2.45) is 0 Å². The topological polar surface area (TPSA) is 55.6 Å². The number of aryl methyl sites for hydroxylation is 1. The zero-order valence-corrected chi connectivity index (χ0v) is 15.2. The number of furan rings is 1. The molecule has 0 aliphatic carbocycles. The number of carbonyl (C=O) groups excluding carboxylic acids is 1. The average molecular weight is 368 g/mol. The standard InChI is InChI=1S/C21H21FN2O3/c1-14-17-5-2-6-18(22)20(17)27-19(14)21(25)24(13-16-4-3-11-26-16)12-15-7-9-23-10-8-15/h2,5-10,16H,3-4,11-13H2,1H3/t16-/m0/s1. The molecule has 1 atom stereocenters. The monoisotopic (exact) mass is 368 g/mol. The number of aromatic nitrogens is 1. The van der Waals surface area contributed by atoms with Crippen LogP contribution in [0.3, 0.4) is 0 Å². The molecule has 1 aromatic carbocycles. The maximum absolute atomic E-state index is 14.1. The second kappa shape index (κ2) is 7.48. The summed E-state index contributed by atoms with van der Waals surface area (Å²) < 4.78 is 25.4. The Morgan fingerprint density at radius 2 is 2.11 bits per heavy atom. The van der Waals surface area contributed by atoms with Crippen molar-refractivity contribution < 1.29 is 18.3 Å². The molecule has 0 unspecified atom stereocenters. The first kappa shape index (κ1) is 17.7. The van der Waals surface area contributed by atoms with Crippen LogP contribution < -0.4 is 0 Å². The van der Waals surface area contributed by atoms with Crippen molar-refractivity contribution in [2.75, 3.05) is 13.2 Å². The molecule has 1 aliphatic heterocycles. The minimum Gasteiger partial charge on any atom is -0.448 e. The molecule has 5 nitrogen and oxygen atoms in total. The van der Waals surface area contributed by atoms with Crippen molar-refractivity contribution in [3.63, 3.8) is 0 Å². The number of hydrogen-bond donors (Lipinski definition) is 0. The van der Waals surface area contributed by atoms with E-state index in [1.165, 1.54) is 6.07 Å². The molecule has 1 saturated heterocycles. The molecule has 4 rings (SSSR count). The van der Waals surface area contributed by atoms with Crippen molar-refractivity contribution in [3.8, 4) is 0 Å². The second-order valence-electron chi connectivity index (χ2n) is 6.85. The molecule has 0 saturated carbocycles. The van der Waals surface area contributed by atoms with Crippen LogP contribution >= 0.6 is 0 Å². The summed E-state index contributed by atoms with van der Waals surface area (Å²) in [6, 6.07) is 8.47. The van der Waals surface area contributed by atoms with Gasteiger partial charge in [0.1, 0.15) is 0 Å². The molecule has 1 fully saturated rings. The summed E-state index contributed by atoms with van der Waals surface area (Å²) in [5, 5.41) is 0.624. The average Bonchev–Trinajstić information content (AvgIpc) is 3.31. The van der Waals surface area contributed by atoms with Gasteiger partial charge >= 0.3 is 0 Å². The van der Waals surface area contributed by atoms with E-state index >= 15 is 0 Å². The summed E-state index contributed by atoms with van der Waals surface area (Å²) in [7, 11) is 0. The predicted octanol–water partition coefficient (Wildman–Crippen LogP) is 4.10. The number of hydrogen-bond acceptors (Lipinski definition) is 4. The van der Waals surface area contributed by atoms with Crippen LogP contribution in [0.2, 0.25) is 0 Å². The fourth-order valence-electron chi connectivity index (χ4n) is 3.52. The number of halogens is 1. The van der Waals surface area contributed by atoms with Crippen molar-refractivity contribution in [2.45, 2.75) is 32.4 Å². The van der Waals surface area contributed by atoms with Gasteiger partial charge in [0.25, 0.3) is 5.91 Å². The Hall–Kier alpha value is -2.73. The number of carbonyl (C=O) groups is 1. The lowest BCUT2D eigenvalue weighted by Crippen LogP contribution is -2.37. The largest absolute Gasteiger partial charge is 0.448 e. The third-order valence-electron chi connectivity index (χ3n) is 4.97. The van der Waals surface area contributed by atoms with E-state index in [4.69, 9.17) is 9.15 Å². The third-order valence-corrected chi connectivity index (χ3v) is 4.97. The quantitative estimate of drug-likeness (QED) is 0.680. The van der Waals surface area contributed by atoms with Gasteiger partial charge in [0, 0.05) is 43.0 Å². The van der Waals surface area contributed by atoms with Crippen LogP contribution in [-0.4, -0.2) is 35.0 Å².